The lowest BCUT2D eigenvalue weighted by Crippen LogP contribution is -2.22. The second-order valence-corrected chi connectivity index (χ2v) is 3.19. The monoisotopic (exact) mass is 228 g/mol. The van der Waals surface area contributed by atoms with Crippen LogP contribution in [0.25, 0.3) is 0 Å². The van der Waals surface area contributed by atoms with Gasteiger partial charge < -0.3 is 5.32 Å². The molecular formula is C10H19NO2S. The third kappa shape index (κ3) is 9.58. The lowest BCUT2D eigenvalue weighted by atomic mass is 10.2. The molecule has 0 aliphatic rings. The molecule has 0 aliphatic heterocycles. The van der Waals surface area contributed by atoms with Crippen molar-refractivity contribution in [3.05, 3.63) is 0 Å². The molecule has 0 saturated carbocycles. The normalized spacial score (nSPS) is 26.5. The number of carbonyl (C=O) groups is 2. The first kappa shape index (κ1) is 3.81. The highest BCUT2D eigenvalue weighted by Gasteiger charge is 2.01. The first-order valence-corrected chi connectivity index (χ1v) is 4.74. The van der Waals surface area contributed by atoms with E-state index in [-0.39, 0.29) is 24.1 Å². The molecule has 0 atom stereocenters. The second-order valence-electron chi connectivity index (χ2n) is 2.12. The molecule has 0 saturated heterocycles. The topological polar surface area (TPSA) is 46.2 Å². The van der Waals surface area contributed by atoms with Crippen LogP contribution in [0.2, 0.25) is 0 Å². The van der Waals surface area contributed by atoms with Gasteiger partial charge in [0.1, 0.15) is 0 Å². The molecule has 0 aromatic carbocycles. The fourth-order valence-corrected chi connectivity index (χ4v) is 1.03. The van der Waals surface area contributed by atoms with Gasteiger partial charge in [-0.05, 0) is 6.37 Å². The molecule has 0 fully saturated rings. The quantitative estimate of drug-likeness (QED) is 0.678. The first-order chi connectivity index (χ1) is 10.8. The van der Waals surface area contributed by atoms with Crippen LogP contribution in [-0.4, -0.2) is 23.3 Å². The Labute approximate surface area is 105 Å². The van der Waals surface area contributed by atoms with E-state index >= 15 is 0 Å². The molecule has 0 heterocycles. The van der Waals surface area contributed by atoms with Crippen LogP contribution in [0, 0.1) is 0 Å². The Kier molecular flexibility index (Phi) is 2.47. The van der Waals surface area contributed by atoms with E-state index in [1.165, 1.54) is 6.92 Å². The highest BCUT2D eigenvalue weighted by atomic mass is 32.2. The van der Waals surface area contributed by atoms with Crippen LogP contribution in [0.1, 0.15) is 54.3 Å². The minimum absolute atomic E-state index is 0.0200. The van der Waals surface area contributed by atoms with E-state index in [0.29, 0.717) is 0 Å². The smallest absolute Gasteiger partial charge is 0.216 e. The molecule has 0 aromatic heterocycles. The number of carbonyl (C=O) groups excluding carboxylic acids is 2. The van der Waals surface area contributed by atoms with Gasteiger partial charge in [0, 0.05) is 40.7 Å². The minimum Gasteiger partial charge on any atom is -0.356 e. The van der Waals surface area contributed by atoms with Gasteiger partial charge >= 0.3 is 0 Å². The predicted molar refractivity (Wildman–Crippen MR) is 60.3 cm³/mol. The molecular weight excluding hydrogens is 198 g/mol. The molecule has 0 aliphatic carbocycles. The summed E-state index contributed by atoms with van der Waals surface area (Å²) in [6, 6.07) is 0. The minimum atomic E-state index is -3.84. The van der Waals surface area contributed by atoms with Crippen LogP contribution in [0.15, 0.2) is 0 Å². The summed E-state index contributed by atoms with van der Waals surface area (Å²) >= 11 is 0.288. The molecule has 82 valence electrons. The summed E-state index contributed by atoms with van der Waals surface area (Å²) in [4.78, 5) is 22.7. The van der Waals surface area contributed by atoms with Gasteiger partial charge in [0.05, 0.1) is 0 Å². The van der Waals surface area contributed by atoms with Gasteiger partial charge in [-0.2, -0.15) is 0 Å². The van der Waals surface area contributed by atoms with E-state index < -0.39 is 43.4 Å². The first-order valence-electron chi connectivity index (χ1n) is 9.25. The fraction of sp³-hybridized carbons (Fsp3) is 0.800. The number of hydrogen-bond donors (Lipinski definition) is 1. The number of nitrogens with one attached hydrogen (secondary N) is 1. The summed E-state index contributed by atoms with van der Waals surface area (Å²) in [6.07, 6.45) is -14.9. The Morgan fingerprint density at radius 1 is 1.50 bits per heavy atom. The summed E-state index contributed by atoms with van der Waals surface area (Å²) < 4.78 is 81.9. The molecule has 1 N–H and O–H groups in total. The predicted octanol–water partition coefficient (Wildman–Crippen LogP) is 1.96. The molecule has 1 amide bonds. The van der Waals surface area contributed by atoms with Gasteiger partial charge in [-0.1, -0.05) is 31.4 Å². The summed E-state index contributed by atoms with van der Waals surface area (Å²) in [5, 5.41) is 0.892. The molecule has 3 nitrogen and oxygen atoms in total. The van der Waals surface area contributed by atoms with E-state index in [1.807, 2.05) is 0 Å². The van der Waals surface area contributed by atoms with Crippen LogP contribution >= 0.6 is 11.8 Å². The Bertz CT molecular complexity index is 517. The maximum Gasteiger partial charge on any atom is 0.216 e. The van der Waals surface area contributed by atoms with Crippen molar-refractivity contribution < 1.29 is 24.7 Å². The maximum atomic E-state index is 12.0. The van der Waals surface area contributed by atoms with Gasteiger partial charge in [-0.3, -0.25) is 9.59 Å². The van der Waals surface area contributed by atoms with Gasteiger partial charge in [-0.15, -0.1) is 0 Å². The van der Waals surface area contributed by atoms with E-state index in [9.17, 15) is 9.59 Å². The van der Waals surface area contributed by atoms with Crippen molar-refractivity contribution in [2.45, 2.75) is 39.3 Å². The molecule has 0 aromatic rings. The van der Waals surface area contributed by atoms with Crippen molar-refractivity contribution >= 4 is 22.8 Å². The molecule has 0 unspecified atom stereocenters. The zero-order valence-corrected chi connectivity index (χ0v) is 8.46. The Hall–Kier alpha value is -0.510. The molecule has 0 spiro atoms. The van der Waals surface area contributed by atoms with Gasteiger partial charge in [0.2, 0.25) is 5.91 Å². The van der Waals surface area contributed by atoms with Crippen LogP contribution in [0.4, 0.5) is 0 Å². The zero-order valence-electron chi connectivity index (χ0n) is 18.6. The lowest BCUT2D eigenvalue weighted by molar-refractivity contribution is -0.118. The average molecular weight is 228 g/mol. The Balaban J connectivity index is 5.51. The summed E-state index contributed by atoms with van der Waals surface area (Å²) in [7, 11) is 0. The highest BCUT2D eigenvalue weighted by Crippen LogP contribution is 2.08. The van der Waals surface area contributed by atoms with Gasteiger partial charge in [0.25, 0.3) is 0 Å². The number of rotatable bonds is 7. The summed E-state index contributed by atoms with van der Waals surface area (Å²) in [5.74, 6) is -0.517. The SMILES string of the molecule is [2H]C([2H])([2H])C([2H])([2H])C([2H])([2H])C([2H])([2H])C([2H])([2H])C(=O)SCCNC(C)=O. The van der Waals surface area contributed by atoms with Crippen LogP contribution in [0.5, 0.6) is 0 Å². The number of amides is 1. The molecule has 0 rings (SSSR count). The lowest BCUT2D eigenvalue weighted by Gasteiger charge is -2.01. The summed E-state index contributed by atoms with van der Waals surface area (Å²) in [5.41, 5.74) is 0. The van der Waals surface area contributed by atoms with Crippen molar-refractivity contribution in [1.82, 2.24) is 5.32 Å². The number of hydrogen-bond acceptors (Lipinski definition) is 3. The van der Waals surface area contributed by atoms with Crippen molar-refractivity contribution in [3.63, 3.8) is 0 Å². The third-order valence-electron chi connectivity index (χ3n) is 0.999. The second kappa shape index (κ2) is 9.06. The Morgan fingerprint density at radius 2 is 2.29 bits per heavy atom. The van der Waals surface area contributed by atoms with Crippen LogP contribution in [-0.2, 0) is 9.59 Å². The standard InChI is InChI=1S/C10H19NO2S/c1-3-4-5-6-10(13)14-8-7-11-9(2)12/h3-8H2,1-2H3,(H,11,12)/i1D3,3D2,4D2,5D2,6D2. The van der Waals surface area contributed by atoms with E-state index in [2.05, 4.69) is 5.32 Å². The average Bonchev–Trinajstić information content (AvgIpc) is 2.40. The van der Waals surface area contributed by atoms with Crippen molar-refractivity contribution in [2.75, 3.05) is 12.3 Å². The maximum absolute atomic E-state index is 12.0. The van der Waals surface area contributed by atoms with Gasteiger partial charge in [0.15, 0.2) is 5.12 Å². The van der Waals surface area contributed by atoms with Gasteiger partial charge in [-0.25, -0.2) is 0 Å². The fourth-order valence-electron chi connectivity index (χ4n) is 0.520. The van der Waals surface area contributed by atoms with Crippen LogP contribution < -0.4 is 5.32 Å². The largest absolute Gasteiger partial charge is 0.356 e. The Morgan fingerprint density at radius 3 is 2.93 bits per heavy atom. The van der Waals surface area contributed by atoms with Crippen molar-refractivity contribution in [3.8, 4) is 0 Å². The molecule has 4 heteroatoms. The van der Waals surface area contributed by atoms with E-state index in [0.717, 1.165) is 0 Å². The zero-order chi connectivity index (χ0) is 20.5. The van der Waals surface area contributed by atoms with Crippen LogP contribution in [0.3, 0.4) is 0 Å². The highest BCUT2D eigenvalue weighted by molar-refractivity contribution is 8.13. The molecule has 14 heavy (non-hydrogen) atoms. The molecule has 0 radical (unpaired) electrons. The van der Waals surface area contributed by atoms with E-state index in [4.69, 9.17) is 15.1 Å². The van der Waals surface area contributed by atoms with Crippen molar-refractivity contribution in [1.29, 1.82) is 0 Å². The third-order valence-corrected chi connectivity index (χ3v) is 1.77. The van der Waals surface area contributed by atoms with Crippen molar-refractivity contribution in [2.24, 2.45) is 0 Å². The molecule has 0 bridgehead atoms. The van der Waals surface area contributed by atoms with E-state index in [1.54, 1.807) is 0 Å². The number of thioether (sulfide) groups is 1. The summed E-state index contributed by atoms with van der Waals surface area (Å²) in [6.45, 7) is -2.38.